The van der Waals surface area contributed by atoms with E-state index in [4.69, 9.17) is 39.5 Å². The molecule has 1 aromatic rings. The number of alkyl halides is 1. The van der Waals surface area contributed by atoms with E-state index in [1.54, 1.807) is 19.2 Å². The zero-order valence-electron chi connectivity index (χ0n) is 11.6. The number of rotatable bonds is 7. The van der Waals surface area contributed by atoms with Crippen LogP contribution in [0.15, 0.2) is 17.1 Å². The van der Waals surface area contributed by atoms with E-state index in [9.17, 15) is 4.39 Å². The van der Waals surface area contributed by atoms with Gasteiger partial charge in [-0.2, -0.15) is 0 Å². The molecule has 0 radical (unpaired) electrons. The average Bonchev–Trinajstić information content (AvgIpc) is 2.43. The van der Waals surface area contributed by atoms with Crippen molar-refractivity contribution in [2.45, 2.75) is 6.42 Å². The first-order chi connectivity index (χ1) is 10.1. The molecule has 0 aliphatic rings. The van der Waals surface area contributed by atoms with Gasteiger partial charge >= 0.3 is 0 Å². The Morgan fingerprint density at radius 2 is 1.81 bits per heavy atom. The molecular formula is C13H17Cl3FN3O. The van der Waals surface area contributed by atoms with Crippen molar-refractivity contribution < 1.29 is 9.13 Å². The van der Waals surface area contributed by atoms with Crippen LogP contribution < -0.4 is 15.4 Å². The summed E-state index contributed by atoms with van der Waals surface area (Å²) < 4.78 is 17.5. The van der Waals surface area contributed by atoms with Gasteiger partial charge in [0, 0.05) is 18.6 Å². The van der Waals surface area contributed by atoms with E-state index >= 15 is 0 Å². The highest BCUT2D eigenvalue weighted by molar-refractivity contribution is 6.40. The van der Waals surface area contributed by atoms with Crippen LogP contribution in [-0.4, -0.2) is 39.4 Å². The summed E-state index contributed by atoms with van der Waals surface area (Å²) in [5, 5.41) is 7.17. The lowest BCUT2D eigenvalue weighted by Crippen LogP contribution is -2.39. The average molecular weight is 357 g/mol. The van der Waals surface area contributed by atoms with Crippen molar-refractivity contribution >= 4 is 40.8 Å². The summed E-state index contributed by atoms with van der Waals surface area (Å²) in [6, 6.07) is 3.13. The van der Waals surface area contributed by atoms with Gasteiger partial charge in [0.05, 0.1) is 23.3 Å². The third-order valence-electron chi connectivity index (χ3n) is 2.43. The van der Waals surface area contributed by atoms with Gasteiger partial charge in [0.2, 0.25) is 0 Å². The van der Waals surface area contributed by atoms with E-state index in [-0.39, 0.29) is 6.67 Å². The predicted molar refractivity (Wildman–Crippen MR) is 86.9 cm³/mol. The van der Waals surface area contributed by atoms with Crippen molar-refractivity contribution in [3.63, 3.8) is 0 Å². The second-order valence-electron chi connectivity index (χ2n) is 4.02. The molecule has 21 heavy (non-hydrogen) atoms. The van der Waals surface area contributed by atoms with Crippen LogP contribution in [0.5, 0.6) is 5.75 Å². The molecule has 0 aliphatic heterocycles. The number of ether oxygens (including phenoxy) is 1. The van der Waals surface area contributed by atoms with E-state index in [0.717, 1.165) is 0 Å². The van der Waals surface area contributed by atoms with Crippen LogP contribution in [-0.2, 0) is 0 Å². The highest BCUT2D eigenvalue weighted by Crippen LogP contribution is 2.35. The number of halogens is 4. The summed E-state index contributed by atoms with van der Waals surface area (Å²) in [6.07, 6.45) is 0.438. The maximum Gasteiger partial charge on any atom is 0.191 e. The smallest absolute Gasteiger partial charge is 0.191 e. The zero-order valence-corrected chi connectivity index (χ0v) is 13.8. The van der Waals surface area contributed by atoms with Gasteiger partial charge < -0.3 is 15.4 Å². The van der Waals surface area contributed by atoms with Crippen molar-refractivity contribution in [3.05, 3.63) is 27.2 Å². The van der Waals surface area contributed by atoms with Gasteiger partial charge in [-0.15, -0.1) is 0 Å². The van der Waals surface area contributed by atoms with Gasteiger partial charge in [-0.25, -0.2) is 0 Å². The van der Waals surface area contributed by atoms with Crippen LogP contribution in [0.3, 0.4) is 0 Å². The van der Waals surface area contributed by atoms with Crippen LogP contribution in [0.1, 0.15) is 6.42 Å². The Kier molecular flexibility index (Phi) is 8.57. The summed E-state index contributed by atoms with van der Waals surface area (Å²) in [6.45, 7) is 0.988. The molecule has 0 saturated carbocycles. The van der Waals surface area contributed by atoms with E-state index in [1.165, 1.54) is 0 Å². The van der Waals surface area contributed by atoms with E-state index in [0.29, 0.717) is 52.9 Å². The Morgan fingerprint density at radius 1 is 1.19 bits per heavy atom. The first kappa shape index (κ1) is 18.1. The Labute approximate surface area is 138 Å². The molecule has 4 nitrogen and oxygen atoms in total. The predicted octanol–water partition coefficient (Wildman–Crippen LogP) is 3.55. The van der Waals surface area contributed by atoms with E-state index in [2.05, 4.69) is 15.6 Å². The molecule has 0 heterocycles. The van der Waals surface area contributed by atoms with Crippen LogP contribution in [0.4, 0.5) is 4.39 Å². The lowest BCUT2D eigenvalue weighted by molar-refractivity contribution is 0.322. The fourth-order valence-electron chi connectivity index (χ4n) is 1.48. The first-order valence-electron chi connectivity index (χ1n) is 6.36. The lowest BCUT2D eigenvalue weighted by atomic mass is 10.3. The number of aliphatic imine (C=N–C) groups is 1. The second-order valence-corrected chi connectivity index (χ2v) is 5.27. The summed E-state index contributed by atoms with van der Waals surface area (Å²) in [4.78, 5) is 4.00. The fraction of sp³-hybridized carbons (Fsp3) is 0.462. The monoisotopic (exact) mass is 355 g/mol. The van der Waals surface area contributed by atoms with Crippen molar-refractivity contribution in [3.8, 4) is 5.75 Å². The molecule has 1 rings (SSSR count). The second kappa shape index (κ2) is 9.92. The minimum absolute atomic E-state index is 0.338. The van der Waals surface area contributed by atoms with E-state index < -0.39 is 0 Å². The van der Waals surface area contributed by atoms with Gasteiger partial charge in [-0.1, -0.05) is 34.8 Å². The molecule has 0 unspecified atom stereocenters. The van der Waals surface area contributed by atoms with Crippen molar-refractivity contribution in [2.24, 2.45) is 4.99 Å². The number of hydrogen-bond donors (Lipinski definition) is 2. The van der Waals surface area contributed by atoms with Gasteiger partial charge in [-0.3, -0.25) is 9.38 Å². The van der Waals surface area contributed by atoms with Gasteiger partial charge in [0.1, 0.15) is 6.61 Å². The fourth-order valence-corrected chi connectivity index (χ4v) is 2.41. The maximum absolute atomic E-state index is 12.0. The highest BCUT2D eigenvalue weighted by atomic mass is 35.5. The molecule has 0 bridgehead atoms. The molecular weight excluding hydrogens is 340 g/mol. The minimum atomic E-state index is -0.360. The summed E-state index contributed by atoms with van der Waals surface area (Å²) >= 11 is 17.8. The summed E-state index contributed by atoms with van der Waals surface area (Å²) in [7, 11) is 1.64. The topological polar surface area (TPSA) is 45.7 Å². The number of benzene rings is 1. The molecule has 0 fully saturated rings. The third-order valence-corrected chi connectivity index (χ3v) is 3.21. The number of nitrogens with one attached hydrogen (secondary N) is 2. The largest absolute Gasteiger partial charge is 0.489 e. The number of guanidine groups is 1. The van der Waals surface area contributed by atoms with Crippen LogP contribution in [0.25, 0.3) is 0 Å². The maximum atomic E-state index is 12.0. The molecule has 118 valence electrons. The Bertz CT molecular complexity index is 463. The standard InChI is InChI=1S/C13H17Cl3FN3O/c1-18-13(19-4-2-3-17)20-5-6-21-12-10(15)7-9(14)8-11(12)16/h7-8H,2-6H2,1H3,(H2,18,19,20). The van der Waals surface area contributed by atoms with Crippen LogP contribution >= 0.6 is 34.8 Å². The number of hydrogen-bond acceptors (Lipinski definition) is 2. The van der Waals surface area contributed by atoms with Gasteiger partial charge in [-0.05, 0) is 18.6 Å². The molecule has 1 aromatic carbocycles. The van der Waals surface area contributed by atoms with Crippen molar-refractivity contribution in [2.75, 3.05) is 33.4 Å². The third kappa shape index (κ3) is 6.59. The molecule has 0 saturated heterocycles. The summed E-state index contributed by atoms with van der Waals surface area (Å²) in [5.41, 5.74) is 0. The molecule has 2 N–H and O–H groups in total. The molecule has 0 aliphatic carbocycles. The zero-order chi connectivity index (χ0) is 15.7. The SMILES string of the molecule is CN=C(NCCCF)NCCOc1c(Cl)cc(Cl)cc1Cl. The van der Waals surface area contributed by atoms with E-state index in [1.807, 2.05) is 0 Å². The van der Waals surface area contributed by atoms with Crippen LogP contribution in [0, 0.1) is 0 Å². The molecule has 8 heteroatoms. The first-order valence-corrected chi connectivity index (χ1v) is 7.49. The molecule has 0 aromatic heterocycles. The Balaban J connectivity index is 2.37. The lowest BCUT2D eigenvalue weighted by Gasteiger charge is -2.13. The summed E-state index contributed by atoms with van der Waals surface area (Å²) in [5.74, 6) is 0.977. The minimum Gasteiger partial charge on any atom is -0.489 e. The number of nitrogens with zero attached hydrogens (tertiary/aromatic N) is 1. The van der Waals surface area contributed by atoms with Gasteiger partial charge in [0.25, 0.3) is 0 Å². The van der Waals surface area contributed by atoms with Crippen LogP contribution in [0.2, 0.25) is 15.1 Å². The van der Waals surface area contributed by atoms with Crippen molar-refractivity contribution in [1.82, 2.24) is 10.6 Å². The molecule has 0 amide bonds. The molecule has 0 spiro atoms. The van der Waals surface area contributed by atoms with Gasteiger partial charge in [0.15, 0.2) is 11.7 Å². The quantitative estimate of drug-likeness (QED) is 0.446. The Hall–Kier alpha value is -0.910. The normalized spacial score (nSPS) is 11.4. The molecule has 0 atom stereocenters. The van der Waals surface area contributed by atoms with Crippen molar-refractivity contribution in [1.29, 1.82) is 0 Å². The Morgan fingerprint density at radius 3 is 2.38 bits per heavy atom. The highest BCUT2D eigenvalue weighted by Gasteiger charge is 2.09.